The monoisotopic (exact) mass is 332 g/mol. The summed E-state index contributed by atoms with van der Waals surface area (Å²) >= 11 is 1.73. The molecule has 2 aromatic rings. The molecule has 1 fully saturated rings. The highest BCUT2D eigenvalue weighted by Gasteiger charge is 2.33. The first kappa shape index (κ1) is 15.3. The maximum atomic E-state index is 5.82. The van der Waals surface area contributed by atoms with Crippen molar-refractivity contribution in [1.82, 2.24) is 19.7 Å². The highest BCUT2D eigenvalue weighted by atomic mass is 32.1. The lowest BCUT2D eigenvalue weighted by molar-refractivity contribution is 0.0511. The van der Waals surface area contributed by atoms with Crippen LogP contribution in [-0.2, 0) is 24.2 Å². The fourth-order valence-corrected chi connectivity index (χ4v) is 4.04. The maximum Gasteiger partial charge on any atom is 0.107 e. The smallest absolute Gasteiger partial charge is 0.107 e. The summed E-state index contributed by atoms with van der Waals surface area (Å²) in [4.78, 5) is 6.98. The van der Waals surface area contributed by atoms with Crippen molar-refractivity contribution < 1.29 is 4.74 Å². The highest BCUT2D eigenvalue weighted by Crippen LogP contribution is 2.35. The molecular weight excluding hydrogens is 308 g/mol. The van der Waals surface area contributed by atoms with Gasteiger partial charge >= 0.3 is 0 Å². The summed E-state index contributed by atoms with van der Waals surface area (Å²) in [6.45, 7) is 6.60. The number of hydrogen-bond acceptors (Lipinski definition) is 5. The number of fused-ring (bicyclic) bond motifs is 1. The Kier molecular flexibility index (Phi) is 4.46. The van der Waals surface area contributed by atoms with Crippen LogP contribution in [0.1, 0.15) is 42.1 Å². The van der Waals surface area contributed by atoms with E-state index >= 15 is 0 Å². The van der Waals surface area contributed by atoms with Crippen LogP contribution in [0.3, 0.4) is 0 Å². The van der Waals surface area contributed by atoms with Crippen molar-refractivity contribution in [2.24, 2.45) is 5.92 Å². The Morgan fingerprint density at radius 3 is 3.04 bits per heavy atom. The first-order valence-electron chi connectivity index (χ1n) is 8.60. The van der Waals surface area contributed by atoms with Gasteiger partial charge in [0.1, 0.15) is 5.01 Å². The van der Waals surface area contributed by atoms with Gasteiger partial charge in [0.05, 0.1) is 31.1 Å². The fraction of sp³-hybridized carbons (Fsp3) is 0.647. The third-order valence-electron chi connectivity index (χ3n) is 4.81. The summed E-state index contributed by atoms with van der Waals surface area (Å²) < 4.78 is 8.08. The minimum Gasteiger partial charge on any atom is -0.380 e. The molecule has 4 rings (SSSR count). The summed E-state index contributed by atoms with van der Waals surface area (Å²) in [7, 11) is 0. The van der Waals surface area contributed by atoms with Crippen LogP contribution in [0.25, 0.3) is 0 Å². The third-order valence-corrected chi connectivity index (χ3v) is 5.58. The van der Waals surface area contributed by atoms with Gasteiger partial charge in [0.15, 0.2) is 0 Å². The number of hydrogen-bond donors (Lipinski definition) is 0. The van der Waals surface area contributed by atoms with Crippen molar-refractivity contribution in [3.63, 3.8) is 0 Å². The predicted molar refractivity (Wildman–Crippen MR) is 90.4 cm³/mol. The minimum atomic E-state index is 0.295. The molecule has 23 heavy (non-hydrogen) atoms. The molecule has 2 aromatic heterocycles. The number of nitrogens with zero attached hydrogens (tertiary/aromatic N) is 4. The Hall–Kier alpha value is -1.24. The van der Waals surface area contributed by atoms with E-state index in [2.05, 4.69) is 38.2 Å². The van der Waals surface area contributed by atoms with Crippen molar-refractivity contribution >= 4 is 11.3 Å². The molecule has 0 N–H and O–H groups in total. The second kappa shape index (κ2) is 6.71. The first-order chi connectivity index (χ1) is 11.3. The summed E-state index contributed by atoms with van der Waals surface area (Å²) in [6.07, 6.45) is 7.76. The molecule has 1 atom stereocenters. The summed E-state index contributed by atoms with van der Waals surface area (Å²) in [5.41, 5.74) is 2.79. The molecule has 2 aliphatic rings. The lowest BCUT2D eigenvalue weighted by Crippen LogP contribution is -2.38. The van der Waals surface area contributed by atoms with Crippen LogP contribution in [0.2, 0.25) is 0 Å². The zero-order chi connectivity index (χ0) is 15.6. The number of aromatic nitrogens is 3. The Bertz CT molecular complexity index is 635. The highest BCUT2D eigenvalue weighted by molar-refractivity contribution is 7.09. The average molecular weight is 332 g/mol. The molecule has 124 valence electrons. The third kappa shape index (κ3) is 3.34. The first-order valence-corrected chi connectivity index (χ1v) is 9.48. The van der Waals surface area contributed by atoms with E-state index in [1.807, 2.05) is 6.20 Å². The topological polar surface area (TPSA) is 43.2 Å². The summed E-state index contributed by atoms with van der Waals surface area (Å²) in [6, 6.07) is 0.295. The Labute approximate surface area is 141 Å². The Balaban J connectivity index is 1.59. The molecule has 1 aliphatic heterocycles. The normalized spacial score (nSPS) is 21.5. The van der Waals surface area contributed by atoms with Gasteiger partial charge in [-0.2, -0.15) is 5.10 Å². The molecule has 0 aromatic carbocycles. The van der Waals surface area contributed by atoms with E-state index in [-0.39, 0.29) is 0 Å². The van der Waals surface area contributed by atoms with E-state index in [0.29, 0.717) is 6.04 Å². The van der Waals surface area contributed by atoms with E-state index in [1.54, 1.807) is 11.3 Å². The van der Waals surface area contributed by atoms with Gasteiger partial charge in [0.2, 0.25) is 0 Å². The van der Waals surface area contributed by atoms with E-state index in [1.165, 1.54) is 29.1 Å². The lowest BCUT2D eigenvalue weighted by Gasteiger charge is -2.35. The number of rotatable bonds is 7. The minimum absolute atomic E-state index is 0.295. The van der Waals surface area contributed by atoms with Crippen molar-refractivity contribution in [2.45, 2.75) is 45.3 Å². The van der Waals surface area contributed by atoms with Gasteiger partial charge in [0, 0.05) is 31.3 Å². The van der Waals surface area contributed by atoms with Gasteiger partial charge in [-0.25, -0.2) is 4.98 Å². The molecule has 3 heterocycles. The Morgan fingerprint density at radius 1 is 1.39 bits per heavy atom. The summed E-state index contributed by atoms with van der Waals surface area (Å²) in [5, 5.41) is 7.93. The molecule has 5 nitrogen and oxygen atoms in total. The van der Waals surface area contributed by atoms with Crippen molar-refractivity contribution in [3.05, 3.63) is 34.0 Å². The molecule has 0 amide bonds. The van der Waals surface area contributed by atoms with Crippen LogP contribution in [0.5, 0.6) is 0 Å². The SMILES string of the molecule is CCOC[C@@H]1c2c(cnn2CC2CC2)CCN1Cc1nccs1. The van der Waals surface area contributed by atoms with E-state index in [0.717, 1.165) is 45.2 Å². The average Bonchev–Trinajstić information content (AvgIpc) is 3.06. The van der Waals surface area contributed by atoms with Gasteiger partial charge in [-0.3, -0.25) is 9.58 Å². The zero-order valence-electron chi connectivity index (χ0n) is 13.6. The molecular formula is C17H24N4OS. The van der Waals surface area contributed by atoms with E-state index in [9.17, 15) is 0 Å². The standard InChI is InChI=1S/C17H24N4OS/c1-2-22-12-15-17-14(9-19-21(17)10-13-3-4-13)5-7-20(15)11-16-18-6-8-23-16/h6,8-9,13,15H,2-5,7,10-12H2,1H3/t15-/m1/s1. The van der Waals surface area contributed by atoms with Crippen LogP contribution in [0.4, 0.5) is 0 Å². The molecule has 0 bridgehead atoms. The van der Waals surface area contributed by atoms with Crippen LogP contribution < -0.4 is 0 Å². The van der Waals surface area contributed by atoms with Crippen molar-refractivity contribution in [3.8, 4) is 0 Å². The second-order valence-corrected chi connectivity index (χ2v) is 7.48. The molecule has 0 spiro atoms. The van der Waals surface area contributed by atoms with Gasteiger partial charge in [-0.1, -0.05) is 0 Å². The quantitative estimate of drug-likeness (QED) is 0.782. The lowest BCUT2D eigenvalue weighted by atomic mass is 10.00. The predicted octanol–water partition coefficient (Wildman–Crippen LogP) is 2.89. The van der Waals surface area contributed by atoms with E-state index in [4.69, 9.17) is 4.74 Å². The van der Waals surface area contributed by atoms with Crippen LogP contribution in [-0.4, -0.2) is 39.4 Å². The second-order valence-electron chi connectivity index (χ2n) is 6.50. The molecule has 1 saturated carbocycles. The van der Waals surface area contributed by atoms with Crippen LogP contribution in [0, 0.1) is 5.92 Å². The largest absolute Gasteiger partial charge is 0.380 e. The van der Waals surface area contributed by atoms with Crippen molar-refractivity contribution in [2.75, 3.05) is 19.8 Å². The maximum absolute atomic E-state index is 5.82. The summed E-state index contributed by atoms with van der Waals surface area (Å²) in [5.74, 6) is 0.834. The molecule has 0 radical (unpaired) electrons. The molecule has 0 unspecified atom stereocenters. The van der Waals surface area contributed by atoms with Crippen molar-refractivity contribution in [1.29, 1.82) is 0 Å². The number of thiazole rings is 1. The van der Waals surface area contributed by atoms with Gasteiger partial charge in [-0.15, -0.1) is 11.3 Å². The van der Waals surface area contributed by atoms with Gasteiger partial charge in [0.25, 0.3) is 0 Å². The zero-order valence-corrected chi connectivity index (χ0v) is 14.5. The van der Waals surface area contributed by atoms with Crippen LogP contribution >= 0.6 is 11.3 Å². The molecule has 1 aliphatic carbocycles. The van der Waals surface area contributed by atoms with Gasteiger partial charge < -0.3 is 4.74 Å². The van der Waals surface area contributed by atoms with Crippen LogP contribution in [0.15, 0.2) is 17.8 Å². The number of ether oxygens (including phenoxy) is 1. The van der Waals surface area contributed by atoms with Gasteiger partial charge in [-0.05, 0) is 37.7 Å². The molecule has 6 heteroatoms. The van der Waals surface area contributed by atoms with E-state index < -0.39 is 0 Å². The molecule has 0 saturated heterocycles. The Morgan fingerprint density at radius 2 is 2.30 bits per heavy atom. The fourth-order valence-electron chi connectivity index (χ4n) is 3.40.